The van der Waals surface area contributed by atoms with Gasteiger partial charge in [0.05, 0.1) is 5.69 Å². The van der Waals surface area contributed by atoms with Crippen LogP contribution in [0.3, 0.4) is 0 Å². The third-order valence-electron chi connectivity index (χ3n) is 3.73. The Hall–Kier alpha value is -1.65. The van der Waals surface area contributed by atoms with Gasteiger partial charge in [0.15, 0.2) is 0 Å². The van der Waals surface area contributed by atoms with Crippen LogP contribution in [0.5, 0.6) is 0 Å². The lowest BCUT2D eigenvalue weighted by molar-refractivity contribution is 0.165. The maximum Gasteiger partial charge on any atom is 0.0645 e. The van der Waals surface area contributed by atoms with E-state index in [1.807, 2.05) is 16.9 Å². The van der Waals surface area contributed by atoms with Crippen LogP contribution in [0.25, 0.3) is 5.69 Å². The van der Waals surface area contributed by atoms with Gasteiger partial charge in [-0.05, 0) is 30.7 Å². The van der Waals surface area contributed by atoms with Crippen molar-refractivity contribution in [3.05, 3.63) is 48.3 Å². The molecule has 0 spiro atoms. The Kier molecular flexibility index (Phi) is 3.62. The summed E-state index contributed by atoms with van der Waals surface area (Å²) in [6, 6.07) is 11.2. The van der Waals surface area contributed by atoms with Crippen molar-refractivity contribution >= 4 is 0 Å². The number of piperazine rings is 1. The Morgan fingerprint density at radius 3 is 2.84 bits per heavy atom. The van der Waals surface area contributed by atoms with Gasteiger partial charge >= 0.3 is 0 Å². The van der Waals surface area contributed by atoms with Crippen LogP contribution in [0, 0.1) is 0 Å². The molecular formula is C15H20N4. The van der Waals surface area contributed by atoms with Crippen LogP contribution >= 0.6 is 0 Å². The second-order valence-electron chi connectivity index (χ2n) is 5.14. The summed E-state index contributed by atoms with van der Waals surface area (Å²) in [5, 5.41) is 7.67. The van der Waals surface area contributed by atoms with Crippen molar-refractivity contribution in [2.45, 2.75) is 19.5 Å². The highest BCUT2D eigenvalue weighted by Crippen LogP contribution is 2.13. The minimum atomic E-state index is 0.611. The number of hydrogen-bond acceptors (Lipinski definition) is 3. The lowest BCUT2D eigenvalue weighted by Crippen LogP contribution is -2.49. The highest BCUT2D eigenvalue weighted by atomic mass is 15.3. The summed E-state index contributed by atoms with van der Waals surface area (Å²) in [7, 11) is 0. The van der Waals surface area contributed by atoms with E-state index in [1.54, 1.807) is 6.20 Å². The Labute approximate surface area is 114 Å². The van der Waals surface area contributed by atoms with E-state index in [0.717, 1.165) is 31.9 Å². The number of nitrogens with one attached hydrogen (secondary N) is 1. The van der Waals surface area contributed by atoms with Crippen molar-refractivity contribution < 1.29 is 0 Å². The molecule has 0 aliphatic carbocycles. The molecule has 100 valence electrons. The van der Waals surface area contributed by atoms with E-state index in [1.165, 1.54) is 5.56 Å². The minimum absolute atomic E-state index is 0.611. The predicted octanol–water partition coefficient (Wildman–Crippen LogP) is 1.67. The fourth-order valence-electron chi connectivity index (χ4n) is 2.53. The van der Waals surface area contributed by atoms with Gasteiger partial charge in [0.1, 0.15) is 0 Å². The maximum absolute atomic E-state index is 4.24. The number of aromatic nitrogens is 2. The third-order valence-corrected chi connectivity index (χ3v) is 3.73. The summed E-state index contributed by atoms with van der Waals surface area (Å²) in [5.41, 5.74) is 2.48. The fourth-order valence-corrected chi connectivity index (χ4v) is 2.53. The van der Waals surface area contributed by atoms with Crippen LogP contribution in [0.4, 0.5) is 0 Å². The van der Waals surface area contributed by atoms with Crippen molar-refractivity contribution in [3.8, 4) is 5.69 Å². The highest BCUT2D eigenvalue weighted by Gasteiger charge is 2.17. The van der Waals surface area contributed by atoms with Gasteiger partial charge in [-0.1, -0.05) is 12.1 Å². The molecule has 2 heterocycles. The van der Waals surface area contributed by atoms with E-state index in [9.17, 15) is 0 Å². The Bertz CT molecular complexity index is 503. The van der Waals surface area contributed by atoms with Gasteiger partial charge in [0.2, 0.25) is 0 Å². The second-order valence-corrected chi connectivity index (χ2v) is 5.14. The maximum atomic E-state index is 4.24. The fraction of sp³-hybridized carbons (Fsp3) is 0.400. The van der Waals surface area contributed by atoms with Crippen LogP contribution in [0.1, 0.15) is 12.5 Å². The molecule has 0 amide bonds. The van der Waals surface area contributed by atoms with E-state index in [4.69, 9.17) is 0 Å². The normalized spacial score (nSPS) is 20.6. The standard InChI is InChI=1S/C15H20N4/c1-13-11-16-8-10-18(13)12-14-3-5-15(6-4-14)19-9-2-7-17-19/h2-7,9,13,16H,8,10-12H2,1H3/t13-/m1/s1. The second kappa shape index (κ2) is 5.55. The summed E-state index contributed by atoms with van der Waals surface area (Å²) in [6.45, 7) is 6.62. The molecule has 2 aromatic rings. The number of benzene rings is 1. The van der Waals surface area contributed by atoms with Crippen molar-refractivity contribution in [3.63, 3.8) is 0 Å². The van der Waals surface area contributed by atoms with Crippen molar-refractivity contribution in [1.82, 2.24) is 20.0 Å². The molecule has 1 saturated heterocycles. The zero-order chi connectivity index (χ0) is 13.1. The van der Waals surface area contributed by atoms with E-state index in [2.05, 4.69) is 46.5 Å². The molecule has 0 unspecified atom stereocenters. The lowest BCUT2D eigenvalue weighted by atomic mass is 10.1. The molecule has 19 heavy (non-hydrogen) atoms. The molecular weight excluding hydrogens is 236 g/mol. The summed E-state index contributed by atoms with van der Waals surface area (Å²) < 4.78 is 1.89. The minimum Gasteiger partial charge on any atom is -0.314 e. The molecule has 1 aromatic carbocycles. The lowest BCUT2D eigenvalue weighted by Gasteiger charge is -2.33. The Morgan fingerprint density at radius 1 is 1.32 bits per heavy atom. The number of nitrogens with zero attached hydrogens (tertiary/aromatic N) is 3. The summed E-state index contributed by atoms with van der Waals surface area (Å²) in [5.74, 6) is 0. The van der Waals surface area contributed by atoms with Crippen LogP contribution in [-0.4, -0.2) is 40.4 Å². The van der Waals surface area contributed by atoms with E-state index in [-0.39, 0.29) is 0 Å². The molecule has 1 atom stereocenters. The first-order valence-electron chi connectivity index (χ1n) is 6.86. The molecule has 1 aromatic heterocycles. The quantitative estimate of drug-likeness (QED) is 0.907. The first-order chi connectivity index (χ1) is 9.33. The monoisotopic (exact) mass is 256 g/mol. The molecule has 1 N–H and O–H groups in total. The van der Waals surface area contributed by atoms with Crippen molar-refractivity contribution in [1.29, 1.82) is 0 Å². The van der Waals surface area contributed by atoms with Gasteiger partial charge in [-0.15, -0.1) is 0 Å². The number of hydrogen-bond donors (Lipinski definition) is 1. The molecule has 0 saturated carbocycles. The third kappa shape index (κ3) is 2.85. The molecule has 1 aliphatic rings. The van der Waals surface area contributed by atoms with E-state index in [0.29, 0.717) is 6.04 Å². The molecule has 4 nitrogen and oxygen atoms in total. The van der Waals surface area contributed by atoms with Crippen LogP contribution in [0.15, 0.2) is 42.7 Å². The van der Waals surface area contributed by atoms with Crippen LogP contribution in [0.2, 0.25) is 0 Å². The molecule has 4 heteroatoms. The SMILES string of the molecule is C[C@@H]1CNCCN1Cc1ccc(-n2cccn2)cc1. The van der Waals surface area contributed by atoms with Gasteiger partial charge in [0.25, 0.3) is 0 Å². The van der Waals surface area contributed by atoms with Gasteiger partial charge in [-0.25, -0.2) is 4.68 Å². The summed E-state index contributed by atoms with van der Waals surface area (Å²) in [4.78, 5) is 2.53. The first kappa shape index (κ1) is 12.4. The Balaban J connectivity index is 1.69. The summed E-state index contributed by atoms with van der Waals surface area (Å²) in [6.07, 6.45) is 3.77. The van der Waals surface area contributed by atoms with Crippen molar-refractivity contribution in [2.75, 3.05) is 19.6 Å². The van der Waals surface area contributed by atoms with E-state index < -0.39 is 0 Å². The van der Waals surface area contributed by atoms with Gasteiger partial charge in [0, 0.05) is 44.6 Å². The highest BCUT2D eigenvalue weighted by molar-refractivity contribution is 5.33. The van der Waals surface area contributed by atoms with Gasteiger partial charge in [-0.3, -0.25) is 4.90 Å². The predicted molar refractivity (Wildman–Crippen MR) is 76.3 cm³/mol. The molecule has 1 aliphatic heterocycles. The zero-order valence-corrected chi connectivity index (χ0v) is 11.3. The molecule has 3 rings (SSSR count). The van der Waals surface area contributed by atoms with E-state index >= 15 is 0 Å². The average Bonchev–Trinajstić information content (AvgIpc) is 2.96. The molecule has 0 radical (unpaired) electrons. The van der Waals surface area contributed by atoms with Gasteiger partial charge in [-0.2, -0.15) is 5.10 Å². The average molecular weight is 256 g/mol. The Morgan fingerprint density at radius 2 is 2.16 bits per heavy atom. The van der Waals surface area contributed by atoms with Crippen LogP contribution in [-0.2, 0) is 6.54 Å². The van der Waals surface area contributed by atoms with Crippen molar-refractivity contribution in [2.24, 2.45) is 0 Å². The summed E-state index contributed by atoms with van der Waals surface area (Å²) >= 11 is 0. The van der Waals surface area contributed by atoms with Gasteiger partial charge < -0.3 is 5.32 Å². The largest absolute Gasteiger partial charge is 0.314 e. The molecule has 0 bridgehead atoms. The smallest absolute Gasteiger partial charge is 0.0645 e. The molecule has 1 fully saturated rings. The zero-order valence-electron chi connectivity index (χ0n) is 11.3. The number of rotatable bonds is 3. The topological polar surface area (TPSA) is 33.1 Å². The first-order valence-corrected chi connectivity index (χ1v) is 6.86. The van der Waals surface area contributed by atoms with Crippen LogP contribution < -0.4 is 5.32 Å².